The van der Waals surface area contributed by atoms with Crippen LogP contribution in [0.4, 0.5) is 5.69 Å². The molecule has 0 atom stereocenters. The molecule has 6 heteroatoms. The largest absolute Gasteiger partial charge is 0.299 e. The molecule has 0 bridgehead atoms. The lowest BCUT2D eigenvalue weighted by atomic mass is 10.2. The lowest BCUT2D eigenvalue weighted by molar-refractivity contribution is -0.384. The fourth-order valence-corrected chi connectivity index (χ4v) is 1.49. The number of aryl methyl sites for hydroxylation is 1. The van der Waals surface area contributed by atoms with Crippen LogP contribution in [0.5, 0.6) is 0 Å². The highest BCUT2D eigenvalue weighted by Gasteiger charge is 2.09. The molecule has 0 aliphatic rings. The predicted octanol–water partition coefficient (Wildman–Crippen LogP) is 1.32. The van der Waals surface area contributed by atoms with E-state index < -0.39 is 4.92 Å². The van der Waals surface area contributed by atoms with E-state index in [0.29, 0.717) is 12.1 Å². The van der Waals surface area contributed by atoms with Crippen LogP contribution < -0.4 is 5.56 Å². The molecule has 6 nitrogen and oxygen atoms in total. The standard InChI is InChI=1S/C10H9N3O3/c1-2-12-6-11-9-4-3-7(13(15)16)5-8(9)10(12)14/h3-6H,2H2,1H3. The molecule has 0 amide bonds. The number of nitro benzene ring substituents is 1. The van der Waals surface area contributed by atoms with Gasteiger partial charge in [-0.3, -0.25) is 19.5 Å². The Morgan fingerprint density at radius 2 is 2.25 bits per heavy atom. The number of benzene rings is 1. The highest BCUT2D eigenvalue weighted by atomic mass is 16.6. The molecule has 16 heavy (non-hydrogen) atoms. The molecule has 0 radical (unpaired) electrons. The second-order valence-corrected chi connectivity index (χ2v) is 3.29. The van der Waals surface area contributed by atoms with Crippen molar-refractivity contribution in [3.05, 3.63) is 45.0 Å². The first-order valence-corrected chi connectivity index (χ1v) is 4.77. The molecule has 2 aromatic rings. The third-order valence-corrected chi connectivity index (χ3v) is 2.36. The van der Waals surface area contributed by atoms with Crippen molar-refractivity contribution < 1.29 is 4.92 Å². The molecule has 0 aliphatic carbocycles. The van der Waals surface area contributed by atoms with Gasteiger partial charge in [-0.05, 0) is 13.0 Å². The van der Waals surface area contributed by atoms with E-state index >= 15 is 0 Å². The van der Waals surface area contributed by atoms with Crippen molar-refractivity contribution in [1.29, 1.82) is 0 Å². The van der Waals surface area contributed by atoms with Gasteiger partial charge in [0, 0.05) is 18.7 Å². The smallest absolute Gasteiger partial charge is 0.270 e. The van der Waals surface area contributed by atoms with E-state index in [1.54, 1.807) is 0 Å². The molecule has 2 rings (SSSR count). The normalized spacial score (nSPS) is 10.6. The molecular formula is C10H9N3O3. The molecule has 0 saturated carbocycles. The number of nitro groups is 1. The number of hydrogen-bond donors (Lipinski definition) is 0. The van der Waals surface area contributed by atoms with Crippen molar-refractivity contribution in [1.82, 2.24) is 9.55 Å². The van der Waals surface area contributed by atoms with Crippen LogP contribution in [0.25, 0.3) is 10.9 Å². The van der Waals surface area contributed by atoms with Gasteiger partial charge in [-0.2, -0.15) is 0 Å². The maximum absolute atomic E-state index is 11.8. The predicted molar refractivity (Wildman–Crippen MR) is 58.3 cm³/mol. The topological polar surface area (TPSA) is 78.0 Å². The lowest BCUT2D eigenvalue weighted by Crippen LogP contribution is -2.19. The van der Waals surface area contributed by atoms with Gasteiger partial charge < -0.3 is 0 Å². The van der Waals surface area contributed by atoms with Gasteiger partial charge in [0.2, 0.25) is 0 Å². The summed E-state index contributed by atoms with van der Waals surface area (Å²) >= 11 is 0. The summed E-state index contributed by atoms with van der Waals surface area (Å²) in [5, 5.41) is 10.9. The van der Waals surface area contributed by atoms with Crippen LogP contribution in [-0.4, -0.2) is 14.5 Å². The van der Waals surface area contributed by atoms with E-state index in [1.807, 2.05) is 6.92 Å². The number of nitrogens with zero attached hydrogens (tertiary/aromatic N) is 3. The minimum Gasteiger partial charge on any atom is -0.299 e. The van der Waals surface area contributed by atoms with E-state index in [4.69, 9.17) is 0 Å². The molecular weight excluding hydrogens is 210 g/mol. The average Bonchev–Trinajstić information content (AvgIpc) is 2.29. The average molecular weight is 219 g/mol. The second-order valence-electron chi connectivity index (χ2n) is 3.29. The molecule has 0 spiro atoms. The minimum absolute atomic E-state index is 0.0970. The number of aromatic nitrogens is 2. The zero-order valence-electron chi connectivity index (χ0n) is 8.58. The fraction of sp³-hybridized carbons (Fsp3) is 0.200. The third kappa shape index (κ3) is 1.54. The number of rotatable bonds is 2. The highest BCUT2D eigenvalue weighted by molar-refractivity contribution is 5.79. The maximum atomic E-state index is 11.8. The van der Waals surface area contributed by atoms with Gasteiger partial charge in [0.15, 0.2) is 0 Å². The maximum Gasteiger partial charge on any atom is 0.270 e. The molecule has 0 unspecified atom stereocenters. The monoisotopic (exact) mass is 219 g/mol. The summed E-state index contributed by atoms with van der Waals surface area (Å²) in [5.74, 6) is 0. The lowest BCUT2D eigenvalue weighted by Gasteiger charge is -2.02. The fourth-order valence-electron chi connectivity index (χ4n) is 1.49. The quantitative estimate of drug-likeness (QED) is 0.563. The first-order chi connectivity index (χ1) is 7.63. The minimum atomic E-state index is -0.526. The molecule has 1 aromatic carbocycles. The summed E-state index contributed by atoms with van der Waals surface area (Å²) in [7, 11) is 0. The molecule has 0 N–H and O–H groups in total. The van der Waals surface area contributed by atoms with Crippen molar-refractivity contribution in [2.75, 3.05) is 0 Å². The summed E-state index contributed by atoms with van der Waals surface area (Å²) in [6.07, 6.45) is 1.44. The molecule has 0 saturated heterocycles. The van der Waals surface area contributed by atoms with Crippen LogP contribution in [0.1, 0.15) is 6.92 Å². The molecule has 1 aromatic heterocycles. The Labute approximate surface area is 90.3 Å². The Hall–Kier alpha value is -2.24. The summed E-state index contributed by atoms with van der Waals surface area (Å²) in [5.41, 5.74) is 0.122. The van der Waals surface area contributed by atoms with Gasteiger partial charge in [-0.1, -0.05) is 0 Å². The summed E-state index contributed by atoms with van der Waals surface area (Å²) in [6.45, 7) is 2.30. The van der Waals surface area contributed by atoms with Crippen LogP contribution >= 0.6 is 0 Å². The molecule has 0 fully saturated rings. The second kappa shape index (κ2) is 3.73. The SMILES string of the molecule is CCn1cnc2ccc([N+](=O)[O-])cc2c1=O. The molecule has 0 aliphatic heterocycles. The third-order valence-electron chi connectivity index (χ3n) is 2.36. The number of fused-ring (bicyclic) bond motifs is 1. The highest BCUT2D eigenvalue weighted by Crippen LogP contribution is 2.15. The van der Waals surface area contributed by atoms with Crippen molar-refractivity contribution in [3.63, 3.8) is 0 Å². The van der Waals surface area contributed by atoms with Gasteiger partial charge in [0.05, 0.1) is 22.2 Å². The van der Waals surface area contributed by atoms with Gasteiger partial charge in [-0.15, -0.1) is 0 Å². The zero-order chi connectivity index (χ0) is 11.7. The van der Waals surface area contributed by atoms with E-state index in [9.17, 15) is 14.9 Å². The van der Waals surface area contributed by atoms with E-state index in [0.717, 1.165) is 0 Å². The Morgan fingerprint density at radius 1 is 1.50 bits per heavy atom. The first kappa shape index (κ1) is 10.3. The van der Waals surface area contributed by atoms with E-state index in [-0.39, 0.29) is 16.6 Å². The van der Waals surface area contributed by atoms with Crippen molar-refractivity contribution in [2.45, 2.75) is 13.5 Å². The van der Waals surface area contributed by atoms with E-state index in [1.165, 1.54) is 29.1 Å². The van der Waals surface area contributed by atoms with Gasteiger partial charge in [-0.25, -0.2) is 4.98 Å². The van der Waals surface area contributed by atoms with Crippen LogP contribution in [-0.2, 0) is 6.54 Å². The van der Waals surface area contributed by atoms with Crippen LogP contribution in [0.3, 0.4) is 0 Å². The number of hydrogen-bond acceptors (Lipinski definition) is 4. The Bertz CT molecular complexity index is 618. The van der Waals surface area contributed by atoms with Crippen molar-refractivity contribution >= 4 is 16.6 Å². The Kier molecular flexibility index (Phi) is 2.40. The van der Waals surface area contributed by atoms with Gasteiger partial charge in [0.1, 0.15) is 0 Å². The van der Waals surface area contributed by atoms with Crippen molar-refractivity contribution in [3.8, 4) is 0 Å². The van der Waals surface area contributed by atoms with Crippen LogP contribution in [0, 0.1) is 10.1 Å². The number of non-ortho nitro benzene ring substituents is 1. The van der Waals surface area contributed by atoms with Crippen LogP contribution in [0.15, 0.2) is 29.3 Å². The summed E-state index contributed by atoms with van der Waals surface area (Å²) in [4.78, 5) is 25.9. The van der Waals surface area contributed by atoms with Crippen molar-refractivity contribution in [2.24, 2.45) is 0 Å². The van der Waals surface area contributed by atoms with Gasteiger partial charge >= 0.3 is 0 Å². The van der Waals surface area contributed by atoms with Crippen LogP contribution in [0.2, 0.25) is 0 Å². The van der Waals surface area contributed by atoms with Gasteiger partial charge in [0.25, 0.3) is 11.2 Å². The molecule has 1 heterocycles. The first-order valence-electron chi connectivity index (χ1n) is 4.77. The Morgan fingerprint density at radius 3 is 2.88 bits per heavy atom. The molecule has 82 valence electrons. The summed E-state index contributed by atoms with van der Waals surface area (Å²) < 4.78 is 1.41. The zero-order valence-corrected chi connectivity index (χ0v) is 8.58. The summed E-state index contributed by atoms with van der Waals surface area (Å²) in [6, 6.07) is 4.08. The Balaban J connectivity index is 2.79. The van der Waals surface area contributed by atoms with E-state index in [2.05, 4.69) is 4.98 Å².